The highest BCUT2D eigenvalue weighted by Gasteiger charge is 2.14. The highest BCUT2D eigenvalue weighted by atomic mass is 19.3. The lowest BCUT2D eigenvalue weighted by Gasteiger charge is -2.13. The second-order valence-electron chi connectivity index (χ2n) is 5.42. The van der Waals surface area contributed by atoms with Gasteiger partial charge in [0.15, 0.2) is 0 Å². The number of hydrogen-bond donors (Lipinski definition) is 3. The molecule has 1 aromatic heterocycles. The third-order valence-electron chi connectivity index (χ3n) is 3.79. The van der Waals surface area contributed by atoms with Gasteiger partial charge < -0.3 is 20.1 Å². The molecule has 0 radical (unpaired) electrons. The van der Waals surface area contributed by atoms with Gasteiger partial charge in [-0.05, 0) is 35.9 Å². The summed E-state index contributed by atoms with van der Waals surface area (Å²) in [5, 5.41) is 13.6. The first-order valence-electron chi connectivity index (χ1n) is 7.62. The van der Waals surface area contributed by atoms with Crippen LogP contribution in [0.15, 0.2) is 54.7 Å². The third-order valence-corrected chi connectivity index (χ3v) is 3.79. The summed E-state index contributed by atoms with van der Waals surface area (Å²) in [5.41, 5.74) is 1.84. The van der Waals surface area contributed by atoms with Crippen LogP contribution in [0.25, 0.3) is 10.9 Å². The van der Waals surface area contributed by atoms with Gasteiger partial charge in [-0.2, -0.15) is 8.78 Å². The highest BCUT2D eigenvalue weighted by molar-refractivity contribution is 6.06. The van der Waals surface area contributed by atoms with Crippen LogP contribution in [0.1, 0.15) is 22.0 Å². The molecule has 2 aromatic carbocycles. The molecule has 3 aromatic rings. The van der Waals surface area contributed by atoms with E-state index in [1.54, 1.807) is 18.3 Å². The number of amides is 1. The van der Waals surface area contributed by atoms with Crippen molar-refractivity contribution in [3.63, 3.8) is 0 Å². The Morgan fingerprint density at radius 2 is 1.92 bits per heavy atom. The Morgan fingerprint density at radius 1 is 1.16 bits per heavy atom. The topological polar surface area (TPSA) is 74.3 Å². The van der Waals surface area contributed by atoms with Gasteiger partial charge in [0.05, 0.1) is 6.10 Å². The molecule has 3 N–H and O–H groups in total. The number of benzene rings is 2. The van der Waals surface area contributed by atoms with E-state index in [4.69, 9.17) is 0 Å². The highest BCUT2D eigenvalue weighted by Crippen LogP contribution is 2.20. The van der Waals surface area contributed by atoms with E-state index in [1.807, 2.05) is 12.1 Å². The predicted molar refractivity (Wildman–Crippen MR) is 88.7 cm³/mol. The fourth-order valence-electron chi connectivity index (χ4n) is 2.56. The number of aromatic amines is 1. The van der Waals surface area contributed by atoms with Crippen molar-refractivity contribution in [1.82, 2.24) is 10.3 Å². The molecule has 1 heterocycles. The number of rotatable bonds is 6. The molecule has 25 heavy (non-hydrogen) atoms. The van der Waals surface area contributed by atoms with E-state index in [0.717, 1.165) is 10.9 Å². The summed E-state index contributed by atoms with van der Waals surface area (Å²) < 4.78 is 28.5. The molecule has 1 amide bonds. The van der Waals surface area contributed by atoms with E-state index >= 15 is 0 Å². The maximum Gasteiger partial charge on any atom is 0.387 e. The van der Waals surface area contributed by atoms with E-state index in [0.29, 0.717) is 11.1 Å². The second-order valence-corrected chi connectivity index (χ2v) is 5.42. The van der Waals surface area contributed by atoms with Gasteiger partial charge in [0.2, 0.25) is 0 Å². The van der Waals surface area contributed by atoms with Crippen LogP contribution in [0.4, 0.5) is 8.78 Å². The minimum Gasteiger partial charge on any atom is -0.435 e. The Balaban J connectivity index is 1.62. The van der Waals surface area contributed by atoms with Gasteiger partial charge in [0.1, 0.15) is 5.75 Å². The molecular weight excluding hydrogens is 330 g/mol. The largest absolute Gasteiger partial charge is 0.435 e. The molecule has 0 aliphatic carbocycles. The lowest BCUT2D eigenvalue weighted by Crippen LogP contribution is -2.28. The van der Waals surface area contributed by atoms with Crippen molar-refractivity contribution < 1.29 is 23.4 Å². The number of aliphatic hydroxyl groups is 1. The maximum absolute atomic E-state index is 12.3. The first kappa shape index (κ1) is 16.9. The fourth-order valence-corrected chi connectivity index (χ4v) is 2.56. The third kappa shape index (κ3) is 3.95. The van der Waals surface area contributed by atoms with E-state index in [2.05, 4.69) is 15.0 Å². The van der Waals surface area contributed by atoms with Crippen molar-refractivity contribution >= 4 is 16.8 Å². The summed E-state index contributed by atoms with van der Waals surface area (Å²) in [5.74, 6) is -0.295. The molecule has 0 aliphatic heterocycles. The number of carbonyl (C=O) groups excluding carboxylic acids is 1. The minimum absolute atomic E-state index is 0.00526. The van der Waals surface area contributed by atoms with Crippen LogP contribution in [0.5, 0.6) is 5.75 Å². The number of alkyl halides is 2. The maximum atomic E-state index is 12.3. The lowest BCUT2D eigenvalue weighted by atomic mass is 10.1. The van der Waals surface area contributed by atoms with Crippen molar-refractivity contribution in [3.05, 3.63) is 65.9 Å². The van der Waals surface area contributed by atoms with Crippen molar-refractivity contribution in [2.45, 2.75) is 12.7 Å². The van der Waals surface area contributed by atoms with Gasteiger partial charge in [0, 0.05) is 29.2 Å². The molecule has 0 bridgehead atoms. The number of H-pyrrole nitrogens is 1. The number of hydrogen-bond acceptors (Lipinski definition) is 3. The Bertz CT molecular complexity index is 862. The van der Waals surface area contributed by atoms with Crippen LogP contribution < -0.4 is 10.1 Å². The van der Waals surface area contributed by atoms with Crippen LogP contribution in [0, 0.1) is 0 Å². The van der Waals surface area contributed by atoms with E-state index in [9.17, 15) is 18.7 Å². The minimum atomic E-state index is -2.90. The molecule has 130 valence electrons. The molecule has 5 nitrogen and oxygen atoms in total. The summed E-state index contributed by atoms with van der Waals surface area (Å²) in [7, 11) is 0. The zero-order chi connectivity index (χ0) is 17.8. The monoisotopic (exact) mass is 346 g/mol. The summed E-state index contributed by atoms with van der Waals surface area (Å²) in [6.45, 7) is -2.90. The molecule has 0 saturated carbocycles. The van der Waals surface area contributed by atoms with Gasteiger partial charge in [0.25, 0.3) is 5.91 Å². The summed E-state index contributed by atoms with van der Waals surface area (Å²) in [6.07, 6.45) is 0.786. The Kier molecular flexibility index (Phi) is 4.95. The number of fused-ring (bicyclic) bond motifs is 1. The van der Waals surface area contributed by atoms with E-state index in [1.165, 1.54) is 24.3 Å². The van der Waals surface area contributed by atoms with Crippen LogP contribution >= 0.6 is 0 Å². The zero-order valence-electron chi connectivity index (χ0n) is 13.1. The SMILES string of the molecule is O=C(NCC(O)c1ccc(OC(F)F)cc1)c1cccc2[nH]ccc12. The smallest absolute Gasteiger partial charge is 0.387 e. The number of nitrogens with one attached hydrogen (secondary N) is 2. The van der Waals surface area contributed by atoms with Gasteiger partial charge in [-0.3, -0.25) is 4.79 Å². The number of aromatic nitrogens is 1. The number of carbonyl (C=O) groups is 1. The number of ether oxygens (including phenoxy) is 1. The molecule has 0 spiro atoms. The van der Waals surface area contributed by atoms with Gasteiger partial charge in [-0.25, -0.2) is 0 Å². The standard InChI is InChI=1S/C18H16F2N2O3/c19-18(20)25-12-6-4-11(5-7-12)16(23)10-22-17(24)14-2-1-3-15-13(14)8-9-21-15/h1-9,16,18,21,23H,10H2,(H,22,24). The van der Waals surface area contributed by atoms with Gasteiger partial charge in [-0.15, -0.1) is 0 Å². The van der Waals surface area contributed by atoms with Crippen LogP contribution in [-0.2, 0) is 0 Å². The number of halogens is 2. The predicted octanol–water partition coefficient (Wildman–Crippen LogP) is 3.23. The summed E-state index contributed by atoms with van der Waals surface area (Å²) in [6, 6.07) is 12.8. The van der Waals surface area contributed by atoms with Gasteiger partial charge >= 0.3 is 6.61 Å². The Labute approximate surface area is 142 Å². The van der Waals surface area contributed by atoms with Crippen LogP contribution in [0.3, 0.4) is 0 Å². The molecule has 0 fully saturated rings. The molecular formula is C18H16F2N2O3. The van der Waals surface area contributed by atoms with Crippen LogP contribution in [-0.4, -0.2) is 29.2 Å². The fraction of sp³-hybridized carbons (Fsp3) is 0.167. The van der Waals surface area contributed by atoms with Crippen molar-refractivity contribution in [3.8, 4) is 5.75 Å². The second kappa shape index (κ2) is 7.31. The molecule has 1 atom stereocenters. The van der Waals surface area contributed by atoms with Crippen molar-refractivity contribution in [2.75, 3.05) is 6.54 Å². The van der Waals surface area contributed by atoms with E-state index in [-0.39, 0.29) is 18.2 Å². The lowest BCUT2D eigenvalue weighted by molar-refractivity contribution is -0.0498. The average molecular weight is 346 g/mol. The summed E-state index contributed by atoms with van der Waals surface area (Å²) >= 11 is 0. The molecule has 0 aliphatic rings. The summed E-state index contributed by atoms with van der Waals surface area (Å²) in [4.78, 5) is 15.4. The average Bonchev–Trinajstić information content (AvgIpc) is 3.08. The van der Waals surface area contributed by atoms with Crippen molar-refractivity contribution in [2.24, 2.45) is 0 Å². The zero-order valence-corrected chi connectivity index (χ0v) is 13.1. The normalized spacial score (nSPS) is 12.3. The Morgan fingerprint density at radius 3 is 2.64 bits per heavy atom. The Hall–Kier alpha value is -2.93. The molecule has 0 saturated heterocycles. The van der Waals surface area contributed by atoms with Gasteiger partial charge in [-0.1, -0.05) is 18.2 Å². The van der Waals surface area contributed by atoms with Crippen molar-refractivity contribution in [1.29, 1.82) is 0 Å². The first-order valence-corrected chi connectivity index (χ1v) is 7.62. The van der Waals surface area contributed by atoms with E-state index < -0.39 is 12.7 Å². The first-order chi connectivity index (χ1) is 12.0. The molecule has 7 heteroatoms. The molecule has 3 rings (SSSR count). The number of aliphatic hydroxyl groups excluding tert-OH is 1. The molecule has 1 unspecified atom stereocenters. The van der Waals surface area contributed by atoms with Crippen LogP contribution in [0.2, 0.25) is 0 Å². The quantitative estimate of drug-likeness (QED) is 0.641.